The highest BCUT2D eigenvalue weighted by Gasteiger charge is 2.21. The third-order valence-electron chi connectivity index (χ3n) is 3.24. The van der Waals surface area contributed by atoms with Crippen molar-refractivity contribution < 1.29 is 14.6 Å². The van der Waals surface area contributed by atoms with Crippen LogP contribution < -0.4 is 4.74 Å². The lowest BCUT2D eigenvalue weighted by molar-refractivity contribution is 0.000422. The molecule has 1 atom stereocenters. The van der Waals surface area contributed by atoms with E-state index in [9.17, 15) is 5.11 Å². The van der Waals surface area contributed by atoms with Crippen molar-refractivity contribution in [3.8, 4) is 5.75 Å². The lowest BCUT2D eigenvalue weighted by atomic mass is 9.92. The van der Waals surface area contributed by atoms with Gasteiger partial charge >= 0.3 is 0 Å². The Balaban J connectivity index is 1.67. The Hall–Kier alpha value is -1.06. The Morgan fingerprint density at radius 1 is 1.24 bits per heavy atom. The number of ether oxygens (including phenoxy) is 2. The van der Waals surface area contributed by atoms with Gasteiger partial charge in [0.2, 0.25) is 0 Å². The maximum absolute atomic E-state index is 10.0. The summed E-state index contributed by atoms with van der Waals surface area (Å²) in [6.45, 7) is 2.13. The predicted molar refractivity (Wildman–Crippen MR) is 66.1 cm³/mol. The van der Waals surface area contributed by atoms with Gasteiger partial charge in [0.25, 0.3) is 0 Å². The van der Waals surface area contributed by atoms with Gasteiger partial charge in [-0.2, -0.15) is 0 Å². The number of hydrogen-bond acceptors (Lipinski definition) is 3. The average Bonchev–Trinajstić information content (AvgIpc) is 2.41. The molecular weight excluding hydrogens is 216 g/mol. The first kappa shape index (κ1) is 12.4. The van der Waals surface area contributed by atoms with Gasteiger partial charge in [-0.15, -0.1) is 0 Å². The van der Waals surface area contributed by atoms with Crippen LogP contribution in [0.1, 0.15) is 19.3 Å². The SMILES string of the molecule is OC(CCOc1ccccc1)C1CCOCC1. The van der Waals surface area contributed by atoms with E-state index in [4.69, 9.17) is 9.47 Å². The third kappa shape index (κ3) is 4.02. The monoisotopic (exact) mass is 236 g/mol. The van der Waals surface area contributed by atoms with E-state index < -0.39 is 0 Å². The fourth-order valence-electron chi connectivity index (χ4n) is 2.15. The summed E-state index contributed by atoms with van der Waals surface area (Å²) in [5, 5.41) is 10.0. The number of benzene rings is 1. The van der Waals surface area contributed by atoms with Crippen molar-refractivity contribution in [3.63, 3.8) is 0 Å². The van der Waals surface area contributed by atoms with Crippen LogP contribution in [0.3, 0.4) is 0 Å². The van der Waals surface area contributed by atoms with E-state index in [2.05, 4.69) is 0 Å². The lowest BCUT2D eigenvalue weighted by Gasteiger charge is -2.26. The summed E-state index contributed by atoms with van der Waals surface area (Å²) in [7, 11) is 0. The first-order valence-corrected chi connectivity index (χ1v) is 6.30. The topological polar surface area (TPSA) is 38.7 Å². The van der Waals surface area contributed by atoms with Crippen LogP contribution in [-0.4, -0.2) is 31.0 Å². The van der Waals surface area contributed by atoms with Crippen LogP contribution in [0.15, 0.2) is 30.3 Å². The van der Waals surface area contributed by atoms with E-state index in [-0.39, 0.29) is 6.10 Å². The smallest absolute Gasteiger partial charge is 0.119 e. The molecule has 0 amide bonds. The predicted octanol–water partition coefficient (Wildman–Crippen LogP) is 2.24. The van der Waals surface area contributed by atoms with E-state index in [1.807, 2.05) is 30.3 Å². The average molecular weight is 236 g/mol. The summed E-state index contributed by atoms with van der Waals surface area (Å²) in [4.78, 5) is 0. The van der Waals surface area contributed by atoms with Crippen LogP contribution in [-0.2, 0) is 4.74 Å². The van der Waals surface area contributed by atoms with Gasteiger partial charge < -0.3 is 14.6 Å². The standard InChI is InChI=1S/C14H20O3/c15-14(12-6-9-16-10-7-12)8-11-17-13-4-2-1-3-5-13/h1-5,12,14-15H,6-11H2. The molecule has 0 aliphatic carbocycles. The molecular formula is C14H20O3. The van der Waals surface area contributed by atoms with Crippen LogP contribution in [0.5, 0.6) is 5.75 Å². The minimum Gasteiger partial charge on any atom is -0.493 e. The first-order chi connectivity index (χ1) is 8.36. The zero-order valence-electron chi connectivity index (χ0n) is 10.0. The molecule has 1 aliphatic heterocycles. The molecule has 1 N–H and O–H groups in total. The van der Waals surface area contributed by atoms with E-state index in [0.717, 1.165) is 31.8 Å². The molecule has 0 spiro atoms. The Morgan fingerprint density at radius 2 is 1.94 bits per heavy atom. The molecule has 94 valence electrons. The van der Waals surface area contributed by atoms with Gasteiger partial charge in [0, 0.05) is 19.6 Å². The van der Waals surface area contributed by atoms with Gasteiger partial charge in [-0.1, -0.05) is 18.2 Å². The van der Waals surface area contributed by atoms with Crippen LogP contribution in [0.25, 0.3) is 0 Å². The van der Waals surface area contributed by atoms with Crippen LogP contribution >= 0.6 is 0 Å². The normalized spacial score (nSPS) is 18.9. The van der Waals surface area contributed by atoms with Crippen molar-refractivity contribution in [2.24, 2.45) is 5.92 Å². The van der Waals surface area contributed by atoms with E-state index in [1.54, 1.807) is 0 Å². The van der Waals surface area contributed by atoms with Crippen molar-refractivity contribution >= 4 is 0 Å². The molecule has 1 fully saturated rings. The third-order valence-corrected chi connectivity index (χ3v) is 3.24. The number of aliphatic hydroxyl groups is 1. The molecule has 1 aromatic carbocycles. The Labute approximate surface area is 102 Å². The summed E-state index contributed by atoms with van der Waals surface area (Å²) in [5.74, 6) is 1.25. The first-order valence-electron chi connectivity index (χ1n) is 6.30. The van der Waals surface area contributed by atoms with Gasteiger partial charge in [-0.3, -0.25) is 0 Å². The molecule has 17 heavy (non-hydrogen) atoms. The van der Waals surface area contributed by atoms with Crippen molar-refractivity contribution in [2.45, 2.75) is 25.4 Å². The van der Waals surface area contributed by atoms with E-state index >= 15 is 0 Å². The summed E-state index contributed by atoms with van der Waals surface area (Å²) in [6.07, 6.45) is 2.36. The largest absolute Gasteiger partial charge is 0.493 e. The maximum atomic E-state index is 10.0. The summed E-state index contributed by atoms with van der Waals surface area (Å²) in [5.41, 5.74) is 0. The van der Waals surface area contributed by atoms with Crippen molar-refractivity contribution in [2.75, 3.05) is 19.8 Å². The molecule has 1 saturated heterocycles. The van der Waals surface area contributed by atoms with Gasteiger partial charge in [0.1, 0.15) is 5.75 Å². The molecule has 0 saturated carbocycles. The highest BCUT2D eigenvalue weighted by molar-refractivity contribution is 5.20. The highest BCUT2D eigenvalue weighted by Crippen LogP contribution is 2.21. The second-order valence-electron chi connectivity index (χ2n) is 4.47. The van der Waals surface area contributed by atoms with Crippen LogP contribution in [0.2, 0.25) is 0 Å². The molecule has 0 bridgehead atoms. The van der Waals surface area contributed by atoms with Gasteiger partial charge in [0.05, 0.1) is 12.7 Å². The van der Waals surface area contributed by atoms with Crippen molar-refractivity contribution in [1.82, 2.24) is 0 Å². The Bertz CT molecular complexity index is 307. The van der Waals surface area contributed by atoms with Crippen molar-refractivity contribution in [3.05, 3.63) is 30.3 Å². The quantitative estimate of drug-likeness (QED) is 0.852. The van der Waals surface area contributed by atoms with E-state index in [0.29, 0.717) is 18.9 Å². The fraction of sp³-hybridized carbons (Fsp3) is 0.571. The Kier molecular flexibility index (Phi) is 4.83. The van der Waals surface area contributed by atoms with Gasteiger partial charge in [-0.05, 0) is 30.9 Å². The summed E-state index contributed by atoms with van der Waals surface area (Å²) < 4.78 is 10.9. The number of aliphatic hydroxyl groups excluding tert-OH is 1. The number of rotatable bonds is 5. The van der Waals surface area contributed by atoms with Crippen molar-refractivity contribution in [1.29, 1.82) is 0 Å². The molecule has 3 heteroatoms. The summed E-state index contributed by atoms with van der Waals surface area (Å²) >= 11 is 0. The lowest BCUT2D eigenvalue weighted by Crippen LogP contribution is -2.28. The van der Waals surface area contributed by atoms with E-state index in [1.165, 1.54) is 0 Å². The molecule has 0 radical (unpaired) electrons. The molecule has 1 aromatic rings. The molecule has 1 aliphatic rings. The molecule has 1 heterocycles. The number of para-hydroxylation sites is 1. The Morgan fingerprint density at radius 3 is 2.65 bits per heavy atom. The molecule has 3 nitrogen and oxygen atoms in total. The molecule has 2 rings (SSSR count). The molecule has 0 aromatic heterocycles. The second kappa shape index (κ2) is 6.62. The fourth-order valence-corrected chi connectivity index (χ4v) is 2.15. The van der Waals surface area contributed by atoms with Crippen LogP contribution in [0, 0.1) is 5.92 Å². The zero-order valence-corrected chi connectivity index (χ0v) is 10.0. The highest BCUT2D eigenvalue weighted by atomic mass is 16.5. The molecule has 1 unspecified atom stereocenters. The zero-order chi connectivity index (χ0) is 11.9. The maximum Gasteiger partial charge on any atom is 0.119 e. The van der Waals surface area contributed by atoms with Gasteiger partial charge in [0.15, 0.2) is 0 Å². The minimum absolute atomic E-state index is 0.261. The second-order valence-corrected chi connectivity index (χ2v) is 4.47. The number of hydrogen-bond donors (Lipinski definition) is 1. The van der Waals surface area contributed by atoms with Gasteiger partial charge in [-0.25, -0.2) is 0 Å². The summed E-state index contributed by atoms with van der Waals surface area (Å²) in [6, 6.07) is 9.72. The van der Waals surface area contributed by atoms with Crippen LogP contribution in [0.4, 0.5) is 0 Å². The minimum atomic E-state index is -0.261.